The van der Waals surface area contributed by atoms with E-state index in [1.807, 2.05) is 81.0 Å². The number of hydrogen-bond acceptors (Lipinski definition) is 2. The Hall–Kier alpha value is -1.57. The summed E-state index contributed by atoms with van der Waals surface area (Å²) < 4.78 is 0. The summed E-state index contributed by atoms with van der Waals surface area (Å²) in [5, 5.41) is 9.81. The van der Waals surface area contributed by atoms with E-state index in [0.29, 0.717) is 12.8 Å². The first-order valence-corrected chi connectivity index (χ1v) is 9.52. The minimum atomic E-state index is -0.898. The molecule has 29 heavy (non-hydrogen) atoms. The second kappa shape index (κ2) is 9.96. The fraction of sp³-hybridized carbons (Fsp3) is 0.115. The average Bonchev–Trinajstić information content (AvgIpc) is 3.44. The van der Waals surface area contributed by atoms with E-state index in [2.05, 4.69) is 12.8 Å². The molecule has 2 saturated carbocycles. The van der Waals surface area contributed by atoms with Gasteiger partial charge in [-0.1, -0.05) is 42.5 Å². The molecule has 2 aliphatic carbocycles. The number of carbonyl (C=O) groups is 1. The van der Waals surface area contributed by atoms with E-state index in [1.165, 1.54) is 5.92 Å². The van der Waals surface area contributed by atoms with Gasteiger partial charge in [0.2, 0.25) is 0 Å². The van der Waals surface area contributed by atoms with Crippen molar-refractivity contribution in [3.8, 4) is 5.75 Å². The van der Waals surface area contributed by atoms with Crippen LogP contribution in [0.3, 0.4) is 0 Å². The molecular formula is C26H22FeO2+2. The van der Waals surface area contributed by atoms with Gasteiger partial charge in [0.05, 0.1) is 5.41 Å². The van der Waals surface area contributed by atoms with E-state index in [-0.39, 0.29) is 28.6 Å². The Morgan fingerprint density at radius 3 is 1.93 bits per heavy atom. The standard InChI is InChI=1S/C26H22O2.Fe/c27-24-17-15-23(16-18-24)26(22-12-6-7-13-22,21-10-2-1-3-11-21)25(28)19-14-20-8-4-5-9-20;/h1-13,15-18,27H,14,19H2;/q;+2. The van der Waals surface area contributed by atoms with Crippen molar-refractivity contribution < 1.29 is 27.0 Å². The fourth-order valence-electron chi connectivity index (χ4n) is 4.03. The molecule has 0 bridgehead atoms. The molecule has 0 aliphatic heterocycles. The molecular weight excluding hydrogens is 400 g/mol. The van der Waals surface area contributed by atoms with Crippen molar-refractivity contribution in [1.82, 2.24) is 0 Å². The molecule has 2 fully saturated rings. The molecule has 2 aliphatic rings. The van der Waals surface area contributed by atoms with Crippen molar-refractivity contribution >= 4 is 5.78 Å². The van der Waals surface area contributed by atoms with Gasteiger partial charge in [-0.15, -0.1) is 0 Å². The predicted octanol–water partition coefficient (Wildman–Crippen LogP) is 4.84. The first-order valence-electron chi connectivity index (χ1n) is 9.52. The number of rotatable bonds is 7. The van der Waals surface area contributed by atoms with Crippen LogP contribution in [0.4, 0.5) is 0 Å². The van der Waals surface area contributed by atoms with E-state index in [9.17, 15) is 9.90 Å². The van der Waals surface area contributed by atoms with Crippen LogP contribution in [-0.2, 0) is 27.3 Å². The summed E-state index contributed by atoms with van der Waals surface area (Å²) in [5.41, 5.74) is 0.917. The molecule has 144 valence electrons. The van der Waals surface area contributed by atoms with Crippen LogP contribution in [0.15, 0.2) is 54.6 Å². The number of carbonyl (C=O) groups excluding carboxylic acids is 1. The summed E-state index contributed by atoms with van der Waals surface area (Å²) in [6.07, 6.45) is 17.2. The molecule has 4 rings (SSSR count). The first-order chi connectivity index (χ1) is 13.7. The van der Waals surface area contributed by atoms with Gasteiger partial charge in [-0.2, -0.15) is 0 Å². The Kier molecular flexibility index (Phi) is 7.60. The van der Waals surface area contributed by atoms with Crippen molar-refractivity contribution in [1.29, 1.82) is 0 Å². The van der Waals surface area contributed by atoms with Gasteiger partial charge in [0.15, 0.2) is 0 Å². The molecule has 2 aromatic carbocycles. The Balaban J connectivity index is 0.00000240. The zero-order valence-corrected chi connectivity index (χ0v) is 17.0. The van der Waals surface area contributed by atoms with E-state index in [0.717, 1.165) is 17.0 Å². The molecule has 0 aromatic heterocycles. The quantitative estimate of drug-likeness (QED) is 0.649. The number of ketones is 1. The Morgan fingerprint density at radius 2 is 1.31 bits per heavy atom. The third kappa shape index (κ3) is 4.47. The molecule has 1 unspecified atom stereocenters. The molecule has 2 nitrogen and oxygen atoms in total. The van der Waals surface area contributed by atoms with E-state index < -0.39 is 5.41 Å². The fourth-order valence-corrected chi connectivity index (χ4v) is 4.03. The number of hydrogen-bond donors (Lipinski definition) is 1. The van der Waals surface area contributed by atoms with E-state index >= 15 is 0 Å². The monoisotopic (exact) mass is 422 g/mol. The van der Waals surface area contributed by atoms with Gasteiger partial charge >= 0.3 is 17.1 Å². The maximum atomic E-state index is 13.9. The van der Waals surface area contributed by atoms with Crippen LogP contribution in [0.1, 0.15) is 24.0 Å². The van der Waals surface area contributed by atoms with Gasteiger partial charge in [-0.05, 0) is 87.0 Å². The number of phenolic OH excluding ortho intramolecular Hbond substituents is 1. The number of Topliss-reactive ketones (excluding diaryl/α,β-unsaturated/α-hetero) is 1. The van der Waals surface area contributed by atoms with Crippen LogP contribution < -0.4 is 0 Å². The van der Waals surface area contributed by atoms with Crippen molar-refractivity contribution in [3.63, 3.8) is 0 Å². The summed E-state index contributed by atoms with van der Waals surface area (Å²) in [6.45, 7) is 0. The zero-order chi connectivity index (χ0) is 19.4. The smallest absolute Gasteiger partial charge is 0.508 e. The van der Waals surface area contributed by atoms with E-state index in [4.69, 9.17) is 0 Å². The molecule has 2 aromatic rings. The minimum Gasteiger partial charge on any atom is -0.508 e. The van der Waals surface area contributed by atoms with Crippen LogP contribution in [0, 0.1) is 63.2 Å². The maximum absolute atomic E-state index is 13.9. The van der Waals surface area contributed by atoms with Crippen LogP contribution >= 0.6 is 0 Å². The van der Waals surface area contributed by atoms with Crippen molar-refractivity contribution in [2.45, 2.75) is 18.3 Å². The number of aromatic hydroxyl groups is 1. The third-order valence-corrected chi connectivity index (χ3v) is 5.39. The van der Waals surface area contributed by atoms with Gasteiger partial charge in [-0.25, -0.2) is 0 Å². The number of phenols is 1. The molecule has 0 saturated heterocycles. The summed E-state index contributed by atoms with van der Waals surface area (Å²) in [7, 11) is 0. The molecule has 0 amide bonds. The largest absolute Gasteiger partial charge is 2.00 e. The van der Waals surface area contributed by atoms with Crippen molar-refractivity contribution in [2.75, 3.05) is 0 Å². The second-order valence-electron chi connectivity index (χ2n) is 7.05. The molecule has 1 atom stereocenters. The van der Waals surface area contributed by atoms with Gasteiger partial charge in [0.1, 0.15) is 11.5 Å². The van der Waals surface area contributed by atoms with Crippen LogP contribution in [0.5, 0.6) is 5.75 Å². The van der Waals surface area contributed by atoms with E-state index in [1.54, 1.807) is 12.1 Å². The first kappa shape index (κ1) is 22.1. The molecule has 0 heterocycles. The Morgan fingerprint density at radius 1 is 0.759 bits per heavy atom. The summed E-state index contributed by atoms with van der Waals surface area (Å²) in [4.78, 5) is 13.9. The summed E-state index contributed by atoms with van der Waals surface area (Å²) in [5.74, 6) is 2.47. The Labute approximate surface area is 185 Å². The van der Waals surface area contributed by atoms with Crippen LogP contribution in [-0.4, -0.2) is 10.9 Å². The molecule has 10 radical (unpaired) electrons. The second-order valence-corrected chi connectivity index (χ2v) is 7.05. The van der Waals surface area contributed by atoms with Gasteiger partial charge in [0, 0.05) is 12.3 Å². The Bertz CT molecular complexity index is 774. The minimum absolute atomic E-state index is 0. The molecule has 3 heteroatoms. The van der Waals surface area contributed by atoms with Crippen LogP contribution in [0.25, 0.3) is 0 Å². The van der Waals surface area contributed by atoms with Crippen molar-refractivity contribution in [2.24, 2.45) is 0 Å². The summed E-state index contributed by atoms with van der Waals surface area (Å²) >= 11 is 0. The van der Waals surface area contributed by atoms with Gasteiger partial charge in [0.25, 0.3) is 0 Å². The zero-order valence-electron chi connectivity index (χ0n) is 15.9. The van der Waals surface area contributed by atoms with Crippen molar-refractivity contribution in [3.05, 3.63) is 129 Å². The normalized spacial score (nSPS) is 19.6. The SMILES string of the molecule is O=C(CC[C]1[CH][CH][CH][CH]1)C([C]1[CH][CH][CH][CH]1)(c1ccccc1)c1ccc(O)cc1.[Fe+2]. The van der Waals surface area contributed by atoms with Gasteiger partial charge < -0.3 is 5.11 Å². The number of benzene rings is 2. The predicted molar refractivity (Wildman–Crippen MR) is 110 cm³/mol. The summed E-state index contributed by atoms with van der Waals surface area (Å²) in [6, 6.07) is 17.0. The van der Waals surface area contributed by atoms with Gasteiger partial charge in [-0.3, -0.25) is 4.79 Å². The average molecular weight is 422 g/mol. The molecule has 1 N–H and O–H groups in total. The van der Waals surface area contributed by atoms with Crippen LogP contribution in [0.2, 0.25) is 0 Å². The third-order valence-electron chi connectivity index (χ3n) is 5.39. The molecule has 0 spiro atoms. The topological polar surface area (TPSA) is 37.3 Å². The maximum Gasteiger partial charge on any atom is 2.00 e.